The van der Waals surface area contributed by atoms with E-state index in [-0.39, 0.29) is 12.4 Å². The third-order valence-electron chi connectivity index (χ3n) is 4.10. The van der Waals surface area contributed by atoms with Crippen LogP contribution in [0, 0.1) is 13.8 Å². The first-order chi connectivity index (χ1) is 13.0. The summed E-state index contributed by atoms with van der Waals surface area (Å²) in [5.41, 5.74) is 3.77. The van der Waals surface area contributed by atoms with Crippen LogP contribution in [0.1, 0.15) is 37.9 Å². The number of pyridine rings is 1. The molecule has 0 fully saturated rings. The Morgan fingerprint density at radius 2 is 1.74 bits per heavy atom. The molecule has 2 aromatic heterocycles. The molecule has 0 spiro atoms. The van der Waals surface area contributed by atoms with E-state index in [1.54, 1.807) is 25.3 Å². The molecule has 6 heteroatoms. The van der Waals surface area contributed by atoms with E-state index in [1.807, 2.05) is 31.2 Å². The monoisotopic (exact) mass is 365 g/mol. The average Bonchev–Trinajstić information content (AvgIpc) is 3.15. The second-order valence-electron chi connectivity index (χ2n) is 6.02. The van der Waals surface area contributed by atoms with E-state index in [4.69, 9.17) is 9.15 Å². The van der Waals surface area contributed by atoms with Gasteiger partial charge in [-0.05, 0) is 43.2 Å². The first-order valence-corrected chi connectivity index (χ1v) is 8.36. The molecule has 1 aromatic carbocycles. The van der Waals surface area contributed by atoms with Crippen molar-refractivity contribution in [3.8, 4) is 11.1 Å². The molecule has 3 aromatic rings. The van der Waals surface area contributed by atoms with Crippen molar-refractivity contribution >= 4 is 11.9 Å². The van der Waals surface area contributed by atoms with Crippen molar-refractivity contribution < 1.29 is 23.5 Å². The number of rotatable bonds is 5. The summed E-state index contributed by atoms with van der Waals surface area (Å²) in [6.45, 7) is 3.66. The van der Waals surface area contributed by atoms with Crippen LogP contribution in [-0.4, -0.2) is 24.0 Å². The van der Waals surface area contributed by atoms with Gasteiger partial charge >= 0.3 is 11.9 Å². The predicted molar refractivity (Wildman–Crippen MR) is 98.3 cm³/mol. The maximum Gasteiger partial charge on any atom is 0.373 e. The van der Waals surface area contributed by atoms with Crippen molar-refractivity contribution in [2.45, 2.75) is 20.5 Å². The van der Waals surface area contributed by atoms with Crippen LogP contribution in [0.4, 0.5) is 0 Å². The van der Waals surface area contributed by atoms with Gasteiger partial charge in [-0.2, -0.15) is 0 Å². The molecule has 0 aliphatic heterocycles. The lowest BCUT2D eigenvalue weighted by molar-refractivity contribution is 0.0438. The van der Waals surface area contributed by atoms with Crippen LogP contribution in [0.25, 0.3) is 11.1 Å². The van der Waals surface area contributed by atoms with Crippen molar-refractivity contribution in [3.63, 3.8) is 0 Å². The molecular weight excluding hydrogens is 346 g/mol. The van der Waals surface area contributed by atoms with Gasteiger partial charge in [0.05, 0.1) is 18.4 Å². The van der Waals surface area contributed by atoms with Gasteiger partial charge in [0.1, 0.15) is 12.4 Å². The topological polar surface area (TPSA) is 78.6 Å². The maximum atomic E-state index is 12.7. The van der Waals surface area contributed by atoms with Gasteiger partial charge < -0.3 is 13.9 Å². The molecule has 0 saturated heterocycles. The third-order valence-corrected chi connectivity index (χ3v) is 4.10. The fourth-order valence-corrected chi connectivity index (χ4v) is 2.67. The molecule has 0 N–H and O–H groups in total. The van der Waals surface area contributed by atoms with E-state index < -0.39 is 11.9 Å². The Hall–Kier alpha value is -3.41. The van der Waals surface area contributed by atoms with E-state index in [0.717, 1.165) is 16.7 Å². The average molecular weight is 365 g/mol. The second kappa shape index (κ2) is 7.86. The van der Waals surface area contributed by atoms with Crippen LogP contribution in [0.15, 0.2) is 53.1 Å². The number of nitrogens with zero attached hydrogens (tertiary/aromatic N) is 1. The van der Waals surface area contributed by atoms with Gasteiger partial charge in [-0.3, -0.25) is 4.98 Å². The normalized spacial score (nSPS) is 10.5. The third kappa shape index (κ3) is 4.06. The Labute approximate surface area is 156 Å². The quantitative estimate of drug-likeness (QED) is 0.633. The van der Waals surface area contributed by atoms with Gasteiger partial charge in [-0.25, -0.2) is 9.59 Å². The first kappa shape index (κ1) is 18.4. The maximum absolute atomic E-state index is 12.7. The molecule has 6 nitrogen and oxygen atoms in total. The molecule has 138 valence electrons. The highest BCUT2D eigenvalue weighted by Gasteiger charge is 2.19. The van der Waals surface area contributed by atoms with Crippen LogP contribution < -0.4 is 0 Å². The van der Waals surface area contributed by atoms with Gasteiger partial charge in [0, 0.05) is 6.20 Å². The van der Waals surface area contributed by atoms with Crippen LogP contribution >= 0.6 is 0 Å². The summed E-state index contributed by atoms with van der Waals surface area (Å²) < 4.78 is 15.3. The van der Waals surface area contributed by atoms with Crippen LogP contribution in [-0.2, 0) is 16.1 Å². The predicted octanol–water partition coefficient (Wildman–Crippen LogP) is 4.10. The Morgan fingerprint density at radius 1 is 1.00 bits per heavy atom. The number of methoxy groups -OCH3 is 1. The first-order valence-electron chi connectivity index (χ1n) is 8.36. The van der Waals surface area contributed by atoms with Crippen molar-refractivity contribution in [2.24, 2.45) is 0 Å². The number of aromatic nitrogens is 1. The molecule has 0 aliphatic rings. The SMILES string of the molecule is COC(=O)c1ccc(COC(=O)c2c(-c3ccc(C)cc3)ccnc2C)o1. The van der Waals surface area contributed by atoms with Gasteiger partial charge in [0.25, 0.3) is 0 Å². The molecule has 0 amide bonds. The summed E-state index contributed by atoms with van der Waals surface area (Å²) in [7, 11) is 1.27. The number of furan rings is 1. The summed E-state index contributed by atoms with van der Waals surface area (Å²) in [4.78, 5) is 28.3. The number of hydrogen-bond acceptors (Lipinski definition) is 6. The largest absolute Gasteiger partial charge is 0.463 e. The summed E-state index contributed by atoms with van der Waals surface area (Å²) in [6.07, 6.45) is 1.66. The highest BCUT2D eigenvalue weighted by Crippen LogP contribution is 2.26. The lowest BCUT2D eigenvalue weighted by atomic mass is 9.98. The number of carbonyl (C=O) groups is 2. The zero-order valence-electron chi connectivity index (χ0n) is 15.3. The van der Waals surface area contributed by atoms with E-state index in [2.05, 4.69) is 9.72 Å². The number of aryl methyl sites for hydroxylation is 2. The minimum Gasteiger partial charge on any atom is -0.463 e. The fourth-order valence-electron chi connectivity index (χ4n) is 2.67. The second-order valence-corrected chi connectivity index (χ2v) is 6.02. The number of esters is 2. The standard InChI is InChI=1S/C21H19NO5/c1-13-4-6-15(7-5-13)17-10-11-22-14(2)19(17)21(24)26-12-16-8-9-18(27-16)20(23)25-3/h4-11H,12H2,1-3H3. The van der Waals surface area contributed by atoms with E-state index in [9.17, 15) is 9.59 Å². The molecule has 2 heterocycles. The minimum absolute atomic E-state index is 0.0569. The molecular formula is C21H19NO5. The molecule has 0 radical (unpaired) electrons. The Morgan fingerprint density at radius 3 is 2.44 bits per heavy atom. The molecule has 0 aliphatic carbocycles. The summed E-state index contributed by atoms with van der Waals surface area (Å²) in [5.74, 6) is -0.687. The molecule has 0 atom stereocenters. The lowest BCUT2D eigenvalue weighted by Gasteiger charge is -2.11. The van der Waals surface area contributed by atoms with Crippen LogP contribution in [0.5, 0.6) is 0 Å². The van der Waals surface area contributed by atoms with Gasteiger partial charge in [-0.1, -0.05) is 29.8 Å². The summed E-state index contributed by atoms with van der Waals surface area (Å²) >= 11 is 0. The molecule has 0 bridgehead atoms. The van der Waals surface area contributed by atoms with Crippen molar-refractivity contribution in [2.75, 3.05) is 7.11 Å². The van der Waals surface area contributed by atoms with Crippen LogP contribution in [0.3, 0.4) is 0 Å². The number of hydrogen-bond donors (Lipinski definition) is 0. The molecule has 0 unspecified atom stereocenters. The smallest absolute Gasteiger partial charge is 0.373 e. The number of ether oxygens (including phenoxy) is 2. The molecule has 27 heavy (non-hydrogen) atoms. The van der Waals surface area contributed by atoms with Gasteiger partial charge in [0.15, 0.2) is 0 Å². The van der Waals surface area contributed by atoms with Crippen molar-refractivity contribution in [3.05, 3.63) is 77.0 Å². The summed E-state index contributed by atoms with van der Waals surface area (Å²) in [5, 5.41) is 0. The van der Waals surface area contributed by atoms with E-state index in [0.29, 0.717) is 17.0 Å². The highest BCUT2D eigenvalue weighted by atomic mass is 16.5. The van der Waals surface area contributed by atoms with Crippen molar-refractivity contribution in [1.82, 2.24) is 4.98 Å². The zero-order valence-corrected chi connectivity index (χ0v) is 15.3. The van der Waals surface area contributed by atoms with Gasteiger partial charge in [-0.15, -0.1) is 0 Å². The Kier molecular flexibility index (Phi) is 5.35. The van der Waals surface area contributed by atoms with E-state index >= 15 is 0 Å². The lowest BCUT2D eigenvalue weighted by Crippen LogP contribution is -2.10. The Balaban J connectivity index is 1.81. The minimum atomic E-state index is -0.586. The van der Waals surface area contributed by atoms with Crippen LogP contribution in [0.2, 0.25) is 0 Å². The molecule has 0 saturated carbocycles. The number of benzene rings is 1. The fraction of sp³-hybridized carbons (Fsp3) is 0.190. The number of carbonyl (C=O) groups excluding carboxylic acids is 2. The summed E-state index contributed by atoms with van der Waals surface area (Å²) in [6, 6.07) is 12.7. The zero-order chi connectivity index (χ0) is 19.4. The Bertz CT molecular complexity index is 972. The highest BCUT2D eigenvalue weighted by molar-refractivity contribution is 5.98. The molecule has 3 rings (SSSR count). The van der Waals surface area contributed by atoms with Gasteiger partial charge in [0.2, 0.25) is 5.76 Å². The van der Waals surface area contributed by atoms with E-state index in [1.165, 1.54) is 13.2 Å². The van der Waals surface area contributed by atoms with Crippen molar-refractivity contribution in [1.29, 1.82) is 0 Å².